The zero-order chi connectivity index (χ0) is 20.8. The number of nitriles is 1. The molecule has 8 heteroatoms. The molecule has 1 fully saturated rings. The van der Waals surface area contributed by atoms with Crippen molar-refractivity contribution < 1.29 is 9.53 Å². The van der Waals surface area contributed by atoms with Crippen LogP contribution in [-0.4, -0.2) is 35.0 Å². The van der Waals surface area contributed by atoms with Gasteiger partial charge in [0.15, 0.2) is 0 Å². The summed E-state index contributed by atoms with van der Waals surface area (Å²) in [5.41, 5.74) is 3.84. The lowest BCUT2D eigenvalue weighted by atomic mass is 10.0. The number of nitrogens with one attached hydrogen (secondary N) is 1. The summed E-state index contributed by atoms with van der Waals surface area (Å²) in [7, 11) is 0. The number of aromatic nitrogens is 2. The Bertz CT molecular complexity index is 1010. The molecule has 3 aromatic rings. The number of ether oxygens (including phenoxy) is 1. The molecule has 0 bridgehead atoms. The van der Waals surface area contributed by atoms with E-state index in [1.807, 2.05) is 11.4 Å². The fraction of sp³-hybridized carbons (Fsp3) is 0.273. The molecule has 0 saturated carbocycles. The standard InChI is InChI=1S/C22H21N5O2S/c23-11-16-1-6-21(24-12-16)27-9-7-18(8-10-27)26-22(28)17-2-4-20(5-3-17)29-13-19-14-30-15-25-19/h1-6,12,14-15,18H,7-10,13H2,(H,26,28). The number of carbonyl (C=O) groups excluding carboxylic acids is 1. The molecule has 1 aromatic carbocycles. The van der Waals surface area contributed by atoms with Crippen LogP contribution in [0.5, 0.6) is 5.75 Å². The predicted octanol–water partition coefficient (Wildman–Crippen LogP) is 3.39. The second-order valence-corrected chi connectivity index (χ2v) is 7.76. The van der Waals surface area contributed by atoms with Gasteiger partial charge in [-0.25, -0.2) is 9.97 Å². The van der Waals surface area contributed by atoms with Gasteiger partial charge in [-0.15, -0.1) is 11.3 Å². The number of pyridine rings is 1. The third-order valence-electron chi connectivity index (χ3n) is 5.02. The van der Waals surface area contributed by atoms with E-state index in [1.54, 1.807) is 42.0 Å². The molecule has 30 heavy (non-hydrogen) atoms. The van der Waals surface area contributed by atoms with E-state index in [0.29, 0.717) is 23.5 Å². The Hall–Kier alpha value is -3.44. The largest absolute Gasteiger partial charge is 0.487 e. The van der Waals surface area contributed by atoms with E-state index in [1.165, 1.54) is 11.3 Å². The topological polar surface area (TPSA) is 91.1 Å². The number of amides is 1. The minimum Gasteiger partial charge on any atom is -0.487 e. The van der Waals surface area contributed by atoms with Gasteiger partial charge in [-0.1, -0.05) is 0 Å². The average Bonchev–Trinajstić information content (AvgIpc) is 3.32. The predicted molar refractivity (Wildman–Crippen MR) is 115 cm³/mol. The molecule has 1 saturated heterocycles. The van der Waals surface area contributed by atoms with Crippen molar-refractivity contribution in [1.29, 1.82) is 5.26 Å². The van der Waals surface area contributed by atoms with Crippen molar-refractivity contribution in [3.8, 4) is 11.8 Å². The molecule has 3 heterocycles. The lowest BCUT2D eigenvalue weighted by molar-refractivity contribution is 0.0931. The van der Waals surface area contributed by atoms with Crippen molar-refractivity contribution in [3.05, 3.63) is 70.3 Å². The van der Waals surface area contributed by atoms with Gasteiger partial charge >= 0.3 is 0 Å². The van der Waals surface area contributed by atoms with E-state index in [4.69, 9.17) is 10.00 Å². The van der Waals surface area contributed by atoms with Crippen molar-refractivity contribution in [1.82, 2.24) is 15.3 Å². The highest BCUT2D eigenvalue weighted by Crippen LogP contribution is 2.19. The Kier molecular flexibility index (Phi) is 6.20. The Labute approximate surface area is 179 Å². The van der Waals surface area contributed by atoms with Gasteiger partial charge in [0.1, 0.15) is 24.2 Å². The molecule has 1 aliphatic rings. The molecule has 0 atom stereocenters. The van der Waals surface area contributed by atoms with Crippen molar-refractivity contribution in [3.63, 3.8) is 0 Å². The van der Waals surface area contributed by atoms with Gasteiger partial charge in [0.2, 0.25) is 0 Å². The minimum absolute atomic E-state index is 0.0731. The van der Waals surface area contributed by atoms with Crippen LogP contribution in [-0.2, 0) is 6.61 Å². The van der Waals surface area contributed by atoms with Crippen LogP contribution in [0, 0.1) is 11.3 Å². The molecule has 0 unspecified atom stereocenters. The highest BCUT2D eigenvalue weighted by atomic mass is 32.1. The number of rotatable bonds is 6. The zero-order valence-corrected chi connectivity index (χ0v) is 17.1. The van der Waals surface area contributed by atoms with Gasteiger partial charge in [-0.3, -0.25) is 4.79 Å². The molecular weight excluding hydrogens is 398 g/mol. The van der Waals surface area contributed by atoms with Crippen LogP contribution in [0.25, 0.3) is 0 Å². The Balaban J connectivity index is 1.25. The number of benzene rings is 1. The fourth-order valence-corrected chi connectivity index (χ4v) is 3.87. The number of nitrogens with zero attached hydrogens (tertiary/aromatic N) is 4. The summed E-state index contributed by atoms with van der Waals surface area (Å²) in [4.78, 5) is 23.3. The maximum Gasteiger partial charge on any atom is 0.251 e. The van der Waals surface area contributed by atoms with Crippen LogP contribution < -0.4 is 15.0 Å². The maximum atomic E-state index is 12.6. The fourth-order valence-electron chi connectivity index (χ4n) is 3.33. The van der Waals surface area contributed by atoms with Crippen molar-refractivity contribution in [2.45, 2.75) is 25.5 Å². The van der Waals surface area contributed by atoms with Gasteiger partial charge in [-0.2, -0.15) is 5.26 Å². The van der Waals surface area contributed by atoms with Crippen LogP contribution in [0.3, 0.4) is 0 Å². The second-order valence-electron chi connectivity index (χ2n) is 7.04. The first kappa shape index (κ1) is 19.9. The monoisotopic (exact) mass is 419 g/mol. The number of piperidine rings is 1. The van der Waals surface area contributed by atoms with Gasteiger partial charge in [-0.05, 0) is 49.2 Å². The summed E-state index contributed by atoms with van der Waals surface area (Å²) in [5, 5.41) is 13.9. The molecule has 1 N–H and O–H groups in total. The second kappa shape index (κ2) is 9.37. The van der Waals surface area contributed by atoms with Crippen LogP contribution >= 0.6 is 11.3 Å². The Morgan fingerprint density at radius 3 is 2.63 bits per heavy atom. The zero-order valence-electron chi connectivity index (χ0n) is 16.3. The summed E-state index contributed by atoms with van der Waals surface area (Å²) >= 11 is 1.54. The van der Waals surface area contributed by atoms with Gasteiger partial charge in [0.25, 0.3) is 5.91 Å². The van der Waals surface area contributed by atoms with Crippen LogP contribution in [0.4, 0.5) is 5.82 Å². The minimum atomic E-state index is -0.0731. The highest BCUT2D eigenvalue weighted by molar-refractivity contribution is 7.07. The van der Waals surface area contributed by atoms with Crippen molar-refractivity contribution in [2.24, 2.45) is 0 Å². The first-order valence-electron chi connectivity index (χ1n) is 9.73. The van der Waals surface area contributed by atoms with Crippen LogP contribution in [0.1, 0.15) is 34.5 Å². The normalized spacial score (nSPS) is 14.2. The van der Waals surface area contributed by atoms with Gasteiger partial charge in [0, 0.05) is 36.3 Å². The summed E-state index contributed by atoms with van der Waals surface area (Å²) in [6, 6.07) is 13.0. The summed E-state index contributed by atoms with van der Waals surface area (Å²) < 4.78 is 5.69. The molecule has 0 spiro atoms. The quantitative estimate of drug-likeness (QED) is 0.659. The molecular formula is C22H21N5O2S. The Morgan fingerprint density at radius 1 is 1.20 bits per heavy atom. The van der Waals surface area contributed by atoms with Crippen molar-refractivity contribution >= 4 is 23.1 Å². The first-order chi connectivity index (χ1) is 14.7. The van der Waals surface area contributed by atoms with Gasteiger partial charge in [0.05, 0.1) is 16.8 Å². The maximum absolute atomic E-state index is 12.6. The molecule has 7 nitrogen and oxygen atoms in total. The molecule has 0 radical (unpaired) electrons. The van der Waals surface area contributed by atoms with Crippen LogP contribution in [0.15, 0.2) is 53.5 Å². The lowest BCUT2D eigenvalue weighted by Crippen LogP contribution is -2.44. The summed E-state index contributed by atoms with van der Waals surface area (Å²) in [5.74, 6) is 1.51. The van der Waals surface area contributed by atoms with E-state index >= 15 is 0 Å². The Morgan fingerprint density at radius 2 is 2.00 bits per heavy atom. The number of carbonyl (C=O) groups is 1. The average molecular weight is 420 g/mol. The number of thiazole rings is 1. The van der Waals surface area contributed by atoms with Crippen molar-refractivity contribution in [2.75, 3.05) is 18.0 Å². The third-order valence-corrected chi connectivity index (χ3v) is 5.65. The van der Waals surface area contributed by atoms with E-state index in [-0.39, 0.29) is 11.9 Å². The smallest absolute Gasteiger partial charge is 0.251 e. The molecule has 2 aromatic heterocycles. The summed E-state index contributed by atoms with van der Waals surface area (Å²) in [6.07, 6.45) is 3.29. The molecule has 0 aliphatic carbocycles. The summed E-state index contributed by atoms with van der Waals surface area (Å²) in [6.45, 7) is 2.04. The van der Waals surface area contributed by atoms with Gasteiger partial charge < -0.3 is 15.0 Å². The highest BCUT2D eigenvalue weighted by Gasteiger charge is 2.22. The first-order valence-corrected chi connectivity index (χ1v) is 10.7. The lowest BCUT2D eigenvalue weighted by Gasteiger charge is -2.33. The van der Waals surface area contributed by atoms with Crippen LogP contribution in [0.2, 0.25) is 0 Å². The van der Waals surface area contributed by atoms with E-state index in [2.05, 4.69) is 26.3 Å². The van der Waals surface area contributed by atoms with E-state index < -0.39 is 0 Å². The molecule has 1 aliphatic heterocycles. The SMILES string of the molecule is N#Cc1ccc(N2CCC(NC(=O)c3ccc(OCc4cscn4)cc3)CC2)nc1. The van der Waals surface area contributed by atoms with E-state index in [9.17, 15) is 4.79 Å². The number of anilines is 1. The molecule has 1 amide bonds. The third kappa shape index (κ3) is 4.93. The molecule has 152 valence electrons. The molecule has 4 rings (SSSR count). The van der Waals surface area contributed by atoms with E-state index in [0.717, 1.165) is 37.4 Å². The number of hydrogen-bond acceptors (Lipinski definition) is 7. The number of hydrogen-bond donors (Lipinski definition) is 1.